The van der Waals surface area contributed by atoms with Gasteiger partial charge in [-0.25, -0.2) is 4.98 Å². The Morgan fingerprint density at radius 3 is 2.50 bits per heavy atom. The quantitative estimate of drug-likeness (QED) is 0.267. The molecule has 6 heteroatoms. The van der Waals surface area contributed by atoms with Crippen LogP contribution in [0, 0.1) is 18.8 Å². The van der Waals surface area contributed by atoms with Crippen LogP contribution < -0.4 is 11.1 Å². The molecule has 1 unspecified atom stereocenters. The summed E-state index contributed by atoms with van der Waals surface area (Å²) in [6, 6.07) is 15.3. The van der Waals surface area contributed by atoms with Crippen molar-refractivity contribution in [3.05, 3.63) is 59.7 Å². The van der Waals surface area contributed by atoms with Crippen LogP contribution in [-0.4, -0.2) is 27.9 Å². The SMILES string of the molecule is Cc1cc2nc(-c3ccccc3)cc(O)c2cc1CCCC(C)CCCC(=O)N[C@H](C(N)=O)C1CCCC1. The molecule has 0 radical (unpaired) electrons. The minimum Gasteiger partial charge on any atom is -0.507 e. The van der Waals surface area contributed by atoms with Crippen molar-refractivity contribution in [2.45, 2.75) is 84.1 Å². The molecule has 38 heavy (non-hydrogen) atoms. The highest BCUT2D eigenvalue weighted by atomic mass is 16.3. The molecule has 1 aliphatic rings. The number of aryl methyl sites for hydroxylation is 2. The molecule has 2 aromatic carbocycles. The van der Waals surface area contributed by atoms with E-state index in [4.69, 9.17) is 10.7 Å². The first-order chi connectivity index (χ1) is 18.3. The Bertz CT molecular complexity index is 1250. The van der Waals surface area contributed by atoms with Gasteiger partial charge >= 0.3 is 0 Å². The summed E-state index contributed by atoms with van der Waals surface area (Å²) in [7, 11) is 0. The van der Waals surface area contributed by atoms with Crippen molar-refractivity contribution in [2.24, 2.45) is 17.6 Å². The fourth-order valence-electron chi connectivity index (χ4n) is 5.78. The maximum absolute atomic E-state index is 12.4. The third kappa shape index (κ3) is 7.12. The molecule has 2 amide bonds. The van der Waals surface area contributed by atoms with Gasteiger partial charge in [-0.1, -0.05) is 62.9 Å². The predicted octanol–water partition coefficient (Wildman–Crippen LogP) is 6.21. The van der Waals surface area contributed by atoms with Gasteiger partial charge in [0.1, 0.15) is 11.8 Å². The third-order valence-electron chi connectivity index (χ3n) is 8.05. The molecule has 202 valence electrons. The number of carbonyl (C=O) groups is 2. The van der Waals surface area contributed by atoms with Crippen LogP contribution in [0.2, 0.25) is 0 Å². The largest absolute Gasteiger partial charge is 0.507 e. The predicted molar refractivity (Wildman–Crippen MR) is 153 cm³/mol. The van der Waals surface area contributed by atoms with Crippen LogP contribution in [0.25, 0.3) is 22.2 Å². The van der Waals surface area contributed by atoms with Crippen molar-refractivity contribution in [1.82, 2.24) is 10.3 Å². The second-order valence-corrected chi connectivity index (χ2v) is 11.1. The number of hydrogen-bond acceptors (Lipinski definition) is 4. The average Bonchev–Trinajstić information content (AvgIpc) is 3.43. The molecule has 4 N–H and O–H groups in total. The first kappa shape index (κ1) is 27.6. The second-order valence-electron chi connectivity index (χ2n) is 11.1. The first-order valence-corrected chi connectivity index (χ1v) is 14.1. The maximum Gasteiger partial charge on any atom is 0.240 e. The van der Waals surface area contributed by atoms with E-state index in [9.17, 15) is 14.7 Å². The van der Waals surface area contributed by atoms with Crippen molar-refractivity contribution in [3.8, 4) is 17.0 Å². The van der Waals surface area contributed by atoms with Gasteiger partial charge in [-0.05, 0) is 74.1 Å². The number of nitrogens with one attached hydrogen (secondary N) is 1. The van der Waals surface area contributed by atoms with E-state index in [2.05, 4.69) is 31.3 Å². The lowest BCUT2D eigenvalue weighted by atomic mass is 9.94. The highest BCUT2D eigenvalue weighted by molar-refractivity contribution is 5.89. The van der Waals surface area contributed by atoms with E-state index < -0.39 is 11.9 Å². The number of aromatic hydroxyl groups is 1. The Kier molecular flexibility index (Phi) is 9.38. The molecule has 3 aromatic rings. The van der Waals surface area contributed by atoms with E-state index in [0.29, 0.717) is 12.3 Å². The average molecular weight is 516 g/mol. The zero-order valence-electron chi connectivity index (χ0n) is 22.7. The van der Waals surface area contributed by atoms with Gasteiger partial charge < -0.3 is 16.2 Å². The minimum atomic E-state index is -0.521. The summed E-state index contributed by atoms with van der Waals surface area (Å²) in [5.41, 5.74) is 10.5. The van der Waals surface area contributed by atoms with E-state index >= 15 is 0 Å². The van der Waals surface area contributed by atoms with E-state index in [1.807, 2.05) is 30.3 Å². The molecule has 0 saturated heterocycles. The molecule has 1 saturated carbocycles. The van der Waals surface area contributed by atoms with E-state index in [1.54, 1.807) is 6.07 Å². The van der Waals surface area contributed by atoms with Gasteiger partial charge in [-0.15, -0.1) is 0 Å². The number of aromatic nitrogens is 1. The summed E-state index contributed by atoms with van der Waals surface area (Å²) in [6.45, 7) is 4.34. The van der Waals surface area contributed by atoms with Crippen LogP contribution in [0.15, 0.2) is 48.5 Å². The number of primary amides is 1. The van der Waals surface area contributed by atoms with Gasteiger partial charge in [0.2, 0.25) is 11.8 Å². The molecular weight excluding hydrogens is 474 g/mol. The van der Waals surface area contributed by atoms with Crippen LogP contribution in [0.1, 0.15) is 75.8 Å². The maximum atomic E-state index is 12.4. The first-order valence-electron chi connectivity index (χ1n) is 14.1. The molecule has 1 aliphatic carbocycles. The van der Waals surface area contributed by atoms with Gasteiger partial charge in [0.15, 0.2) is 0 Å². The second kappa shape index (κ2) is 12.9. The monoisotopic (exact) mass is 515 g/mol. The van der Waals surface area contributed by atoms with Gasteiger partial charge in [-0.2, -0.15) is 0 Å². The van der Waals surface area contributed by atoms with Crippen LogP contribution in [-0.2, 0) is 16.0 Å². The zero-order chi connectivity index (χ0) is 27.1. The summed E-state index contributed by atoms with van der Waals surface area (Å²) in [5, 5.41) is 14.4. The number of nitrogens with two attached hydrogens (primary N) is 1. The smallest absolute Gasteiger partial charge is 0.240 e. The molecule has 6 nitrogen and oxygen atoms in total. The number of pyridine rings is 1. The number of nitrogens with zero attached hydrogens (tertiary/aromatic N) is 1. The summed E-state index contributed by atoms with van der Waals surface area (Å²) >= 11 is 0. The van der Waals surface area contributed by atoms with Crippen molar-refractivity contribution < 1.29 is 14.7 Å². The van der Waals surface area contributed by atoms with Crippen LogP contribution in [0.5, 0.6) is 5.75 Å². The topological polar surface area (TPSA) is 105 Å². The van der Waals surface area contributed by atoms with Gasteiger partial charge in [0.05, 0.1) is 11.2 Å². The fraction of sp³-hybridized carbons (Fsp3) is 0.469. The number of benzene rings is 2. The molecule has 1 aromatic heterocycles. The van der Waals surface area contributed by atoms with Crippen LogP contribution in [0.3, 0.4) is 0 Å². The Balaban J connectivity index is 1.25. The lowest BCUT2D eigenvalue weighted by Gasteiger charge is -2.21. The lowest BCUT2D eigenvalue weighted by Crippen LogP contribution is -2.48. The van der Waals surface area contributed by atoms with Crippen molar-refractivity contribution in [1.29, 1.82) is 0 Å². The molecule has 0 bridgehead atoms. The Hall–Kier alpha value is -3.41. The Morgan fingerprint density at radius 2 is 1.79 bits per heavy atom. The molecule has 0 spiro atoms. The zero-order valence-corrected chi connectivity index (χ0v) is 22.7. The van der Waals surface area contributed by atoms with E-state index in [-0.39, 0.29) is 17.6 Å². The molecule has 0 aliphatic heterocycles. The summed E-state index contributed by atoms with van der Waals surface area (Å²) in [4.78, 5) is 29.0. The molecule has 1 heterocycles. The van der Waals surface area contributed by atoms with Crippen molar-refractivity contribution in [2.75, 3.05) is 0 Å². The number of rotatable bonds is 12. The fourth-order valence-corrected chi connectivity index (χ4v) is 5.78. The van der Waals surface area contributed by atoms with Gasteiger partial charge in [-0.3, -0.25) is 9.59 Å². The van der Waals surface area contributed by atoms with E-state index in [1.165, 1.54) is 11.1 Å². The van der Waals surface area contributed by atoms with Gasteiger partial charge in [0, 0.05) is 23.4 Å². The van der Waals surface area contributed by atoms with Crippen molar-refractivity contribution in [3.63, 3.8) is 0 Å². The highest BCUT2D eigenvalue weighted by Gasteiger charge is 2.30. The lowest BCUT2D eigenvalue weighted by molar-refractivity contribution is -0.128. The number of carbonyl (C=O) groups excluding carboxylic acids is 2. The number of hydrogen-bond donors (Lipinski definition) is 3. The Labute approximate surface area is 226 Å². The van der Waals surface area contributed by atoms with Crippen LogP contribution >= 0.6 is 0 Å². The standard InChI is InChI=1S/C32H41N3O3/c1-21(11-9-17-30(37)35-31(32(33)38)24-14-6-7-15-24)10-8-16-25-19-26-28(18-22(25)2)34-27(20-29(26)36)23-12-4-3-5-13-23/h3-5,12-13,18-21,24,31H,6-11,14-17H2,1-2H3,(H2,33,38)(H,34,36)(H,35,37)/t21?,31-/m0/s1. The minimum absolute atomic E-state index is 0.0662. The summed E-state index contributed by atoms with van der Waals surface area (Å²) in [6.07, 6.45) is 9.41. The number of amides is 2. The Morgan fingerprint density at radius 1 is 1.08 bits per heavy atom. The molecular formula is C32H41N3O3. The highest BCUT2D eigenvalue weighted by Crippen LogP contribution is 2.32. The number of fused-ring (bicyclic) bond motifs is 1. The van der Waals surface area contributed by atoms with Crippen LogP contribution in [0.4, 0.5) is 0 Å². The molecule has 4 rings (SSSR count). The van der Waals surface area contributed by atoms with Gasteiger partial charge in [0.25, 0.3) is 0 Å². The molecule has 2 atom stereocenters. The summed E-state index contributed by atoms with van der Waals surface area (Å²) in [5.74, 6) is 0.478. The normalized spacial score (nSPS) is 15.4. The molecule has 1 fully saturated rings. The third-order valence-corrected chi connectivity index (χ3v) is 8.05. The van der Waals surface area contributed by atoms with E-state index in [0.717, 1.165) is 79.9 Å². The van der Waals surface area contributed by atoms with Crippen molar-refractivity contribution >= 4 is 22.7 Å². The summed E-state index contributed by atoms with van der Waals surface area (Å²) < 4.78 is 0.